The molecule has 2 rings (SSSR count). The molecule has 2 nitrogen and oxygen atoms in total. The van der Waals surface area contributed by atoms with Gasteiger partial charge in [0.1, 0.15) is 12.4 Å². The maximum absolute atomic E-state index is 11.6. The van der Waals surface area contributed by atoms with Gasteiger partial charge in [0, 0.05) is 11.5 Å². The van der Waals surface area contributed by atoms with Gasteiger partial charge in [-0.15, -0.1) is 0 Å². The number of rotatable bonds is 5. The van der Waals surface area contributed by atoms with Crippen LogP contribution in [0.15, 0.2) is 54.6 Å². The minimum Gasteiger partial charge on any atom is -0.485 e. The van der Waals surface area contributed by atoms with Crippen molar-refractivity contribution < 1.29 is 9.53 Å². The van der Waals surface area contributed by atoms with Crippen molar-refractivity contribution in [2.75, 3.05) is 6.61 Å². The summed E-state index contributed by atoms with van der Waals surface area (Å²) in [7, 11) is 0. The second kappa shape index (κ2) is 6.19. The molecule has 0 atom stereocenters. The van der Waals surface area contributed by atoms with Crippen LogP contribution in [0.25, 0.3) is 11.1 Å². The lowest BCUT2D eigenvalue weighted by molar-refractivity contribution is -0.123. The maximum atomic E-state index is 11.6. The molecule has 0 saturated heterocycles. The first-order chi connectivity index (χ1) is 9.18. The van der Waals surface area contributed by atoms with Crippen molar-refractivity contribution in [1.29, 1.82) is 0 Å². The van der Waals surface area contributed by atoms with Crippen LogP contribution in [0.3, 0.4) is 0 Å². The summed E-state index contributed by atoms with van der Waals surface area (Å²) in [5.41, 5.74) is 2.11. The van der Waals surface area contributed by atoms with Gasteiger partial charge in [0.05, 0.1) is 0 Å². The van der Waals surface area contributed by atoms with Gasteiger partial charge in [0.2, 0.25) is 0 Å². The van der Waals surface area contributed by atoms with Crippen LogP contribution < -0.4 is 4.74 Å². The van der Waals surface area contributed by atoms with Crippen LogP contribution in [0.1, 0.15) is 13.8 Å². The third-order valence-electron chi connectivity index (χ3n) is 2.99. The fourth-order valence-corrected chi connectivity index (χ4v) is 1.76. The molecule has 2 aromatic carbocycles. The number of para-hydroxylation sites is 1. The number of benzene rings is 2. The molecule has 0 aliphatic rings. The quantitative estimate of drug-likeness (QED) is 0.807. The molecule has 0 saturated carbocycles. The van der Waals surface area contributed by atoms with E-state index in [9.17, 15) is 4.79 Å². The molecule has 0 unspecified atom stereocenters. The molecule has 0 aliphatic carbocycles. The Morgan fingerprint density at radius 3 is 2.32 bits per heavy atom. The first kappa shape index (κ1) is 13.3. The summed E-state index contributed by atoms with van der Waals surface area (Å²) in [6.45, 7) is 3.89. The highest BCUT2D eigenvalue weighted by Gasteiger charge is 2.10. The average Bonchev–Trinajstić information content (AvgIpc) is 2.46. The molecule has 0 aliphatic heterocycles. The van der Waals surface area contributed by atoms with Gasteiger partial charge < -0.3 is 4.74 Å². The Labute approximate surface area is 114 Å². The van der Waals surface area contributed by atoms with Crippen molar-refractivity contribution in [1.82, 2.24) is 0 Å². The van der Waals surface area contributed by atoms with Crippen LogP contribution in [-0.4, -0.2) is 12.4 Å². The monoisotopic (exact) mass is 254 g/mol. The fraction of sp³-hybridized carbons (Fsp3) is 0.235. The lowest BCUT2D eigenvalue weighted by Crippen LogP contribution is -2.17. The normalized spacial score (nSPS) is 10.5. The molecule has 0 N–H and O–H groups in total. The van der Waals surface area contributed by atoms with Gasteiger partial charge in [0.25, 0.3) is 0 Å². The first-order valence-corrected chi connectivity index (χ1v) is 6.48. The van der Waals surface area contributed by atoms with Gasteiger partial charge in [-0.1, -0.05) is 62.4 Å². The van der Waals surface area contributed by atoms with Gasteiger partial charge in [-0.25, -0.2) is 0 Å². The Kier molecular flexibility index (Phi) is 4.35. The van der Waals surface area contributed by atoms with E-state index in [-0.39, 0.29) is 18.3 Å². The topological polar surface area (TPSA) is 26.3 Å². The minimum absolute atomic E-state index is 0.00360. The van der Waals surface area contributed by atoms with Gasteiger partial charge in [-0.3, -0.25) is 4.79 Å². The standard InChI is InChI=1S/C17H18O2/c1-13(2)16(18)12-19-17-11-7-6-10-15(17)14-8-4-3-5-9-14/h3-11,13H,12H2,1-2H3. The Morgan fingerprint density at radius 1 is 1.00 bits per heavy atom. The highest BCUT2D eigenvalue weighted by atomic mass is 16.5. The molecule has 2 heteroatoms. The van der Waals surface area contributed by atoms with Gasteiger partial charge in [0.15, 0.2) is 5.78 Å². The number of Topliss-reactive ketones (excluding diaryl/α,β-unsaturated/α-hetero) is 1. The van der Waals surface area contributed by atoms with Crippen molar-refractivity contribution >= 4 is 5.78 Å². The van der Waals surface area contributed by atoms with E-state index in [0.717, 1.165) is 16.9 Å². The van der Waals surface area contributed by atoms with Crippen LogP contribution in [0.4, 0.5) is 0 Å². The minimum atomic E-state index is 0.00360. The van der Waals surface area contributed by atoms with E-state index >= 15 is 0 Å². The smallest absolute Gasteiger partial charge is 0.172 e. The molecule has 2 aromatic rings. The zero-order valence-corrected chi connectivity index (χ0v) is 11.3. The Hall–Kier alpha value is -2.09. The van der Waals surface area contributed by atoms with Crippen LogP contribution in [0.2, 0.25) is 0 Å². The summed E-state index contributed by atoms with van der Waals surface area (Å²) in [6, 6.07) is 17.8. The van der Waals surface area contributed by atoms with Crippen LogP contribution in [0, 0.1) is 5.92 Å². The summed E-state index contributed by atoms with van der Waals surface area (Å²) in [5.74, 6) is 0.870. The molecule has 0 aromatic heterocycles. The average molecular weight is 254 g/mol. The summed E-state index contributed by atoms with van der Waals surface area (Å²) >= 11 is 0. The molecule has 98 valence electrons. The lowest BCUT2D eigenvalue weighted by Gasteiger charge is -2.12. The number of hydrogen-bond acceptors (Lipinski definition) is 2. The number of ketones is 1. The highest BCUT2D eigenvalue weighted by molar-refractivity contribution is 5.82. The maximum Gasteiger partial charge on any atom is 0.172 e. The largest absolute Gasteiger partial charge is 0.485 e. The highest BCUT2D eigenvalue weighted by Crippen LogP contribution is 2.29. The zero-order chi connectivity index (χ0) is 13.7. The summed E-state index contributed by atoms with van der Waals surface area (Å²) < 4.78 is 5.67. The van der Waals surface area contributed by atoms with Crippen LogP contribution in [-0.2, 0) is 4.79 Å². The molecular weight excluding hydrogens is 236 g/mol. The molecule has 0 fully saturated rings. The molecule has 0 heterocycles. The van der Waals surface area contributed by atoms with Gasteiger partial charge in [-0.2, -0.15) is 0 Å². The molecule has 0 bridgehead atoms. The SMILES string of the molecule is CC(C)C(=O)COc1ccccc1-c1ccccc1. The predicted octanol–water partition coefficient (Wildman–Crippen LogP) is 3.96. The third kappa shape index (κ3) is 3.44. The van der Waals surface area contributed by atoms with E-state index in [1.54, 1.807) is 0 Å². The van der Waals surface area contributed by atoms with Crippen molar-refractivity contribution in [3.05, 3.63) is 54.6 Å². The van der Waals surface area contributed by atoms with E-state index in [1.165, 1.54) is 0 Å². The van der Waals surface area contributed by atoms with E-state index in [0.29, 0.717) is 0 Å². The number of carbonyl (C=O) groups is 1. The van der Waals surface area contributed by atoms with Gasteiger partial charge >= 0.3 is 0 Å². The molecular formula is C17H18O2. The number of ether oxygens (including phenoxy) is 1. The number of carbonyl (C=O) groups excluding carboxylic acids is 1. The van der Waals surface area contributed by atoms with Crippen LogP contribution >= 0.6 is 0 Å². The summed E-state index contributed by atoms with van der Waals surface area (Å²) in [5, 5.41) is 0. The predicted molar refractivity (Wildman–Crippen MR) is 77.2 cm³/mol. The Bertz CT molecular complexity index is 544. The van der Waals surface area contributed by atoms with E-state index in [4.69, 9.17) is 4.74 Å². The molecule has 0 radical (unpaired) electrons. The third-order valence-corrected chi connectivity index (χ3v) is 2.99. The molecule has 0 amide bonds. The van der Waals surface area contributed by atoms with Crippen molar-refractivity contribution in [3.8, 4) is 16.9 Å². The first-order valence-electron chi connectivity index (χ1n) is 6.48. The second-order valence-electron chi connectivity index (χ2n) is 4.77. The second-order valence-corrected chi connectivity index (χ2v) is 4.77. The van der Waals surface area contributed by atoms with E-state index < -0.39 is 0 Å². The zero-order valence-electron chi connectivity index (χ0n) is 11.3. The number of hydrogen-bond donors (Lipinski definition) is 0. The van der Waals surface area contributed by atoms with E-state index in [1.807, 2.05) is 68.4 Å². The van der Waals surface area contributed by atoms with Gasteiger partial charge in [-0.05, 0) is 11.6 Å². The molecule has 19 heavy (non-hydrogen) atoms. The van der Waals surface area contributed by atoms with Crippen molar-refractivity contribution in [3.63, 3.8) is 0 Å². The van der Waals surface area contributed by atoms with Crippen molar-refractivity contribution in [2.24, 2.45) is 5.92 Å². The van der Waals surface area contributed by atoms with Crippen LogP contribution in [0.5, 0.6) is 5.75 Å². The van der Waals surface area contributed by atoms with E-state index in [2.05, 4.69) is 0 Å². The Balaban J connectivity index is 2.20. The Morgan fingerprint density at radius 2 is 1.63 bits per heavy atom. The summed E-state index contributed by atoms with van der Waals surface area (Å²) in [6.07, 6.45) is 0. The molecule has 0 spiro atoms. The summed E-state index contributed by atoms with van der Waals surface area (Å²) in [4.78, 5) is 11.6. The van der Waals surface area contributed by atoms with Crippen molar-refractivity contribution in [2.45, 2.75) is 13.8 Å². The fourth-order valence-electron chi connectivity index (χ4n) is 1.76. The lowest BCUT2D eigenvalue weighted by atomic mass is 10.0.